The fourth-order valence-electron chi connectivity index (χ4n) is 1.95. The lowest BCUT2D eigenvalue weighted by Gasteiger charge is -2.08. The zero-order valence-electron chi connectivity index (χ0n) is 12.4. The van der Waals surface area contributed by atoms with E-state index in [1.165, 1.54) is 12.1 Å². The lowest BCUT2D eigenvalue weighted by atomic mass is 10.2. The zero-order chi connectivity index (χ0) is 16.7. The molecule has 2 amide bonds. The molecule has 5 nitrogen and oxygen atoms in total. The average molecular weight is 333 g/mol. The molecule has 0 aromatic heterocycles. The van der Waals surface area contributed by atoms with Gasteiger partial charge in [-0.1, -0.05) is 41.9 Å². The van der Waals surface area contributed by atoms with Gasteiger partial charge in [-0.2, -0.15) is 0 Å². The Balaban J connectivity index is 1.76. The van der Waals surface area contributed by atoms with Crippen LogP contribution in [0.5, 0.6) is 0 Å². The molecular formula is C17H17ClN2O3. The number of anilines is 1. The molecule has 0 fully saturated rings. The van der Waals surface area contributed by atoms with Crippen LogP contribution in [-0.2, 0) is 16.1 Å². The molecule has 0 spiro atoms. The second kappa shape index (κ2) is 8.31. The van der Waals surface area contributed by atoms with Crippen LogP contribution in [0.15, 0.2) is 48.5 Å². The van der Waals surface area contributed by atoms with Crippen molar-refractivity contribution in [2.24, 2.45) is 5.73 Å². The van der Waals surface area contributed by atoms with E-state index >= 15 is 0 Å². The standard InChI is InChI=1S/C17H17ClN2O3/c18-15-10-13(6-7-14(15)17(19)22)20-16(21)8-9-23-11-12-4-2-1-3-5-12/h1-7,10H,8-9,11H2,(H2,19,22)(H,20,21). The maximum atomic E-state index is 11.8. The molecule has 0 radical (unpaired) electrons. The first-order chi connectivity index (χ1) is 11.1. The number of carbonyl (C=O) groups excluding carboxylic acids is 2. The van der Waals surface area contributed by atoms with Crippen molar-refractivity contribution in [1.29, 1.82) is 0 Å². The van der Waals surface area contributed by atoms with Crippen LogP contribution in [0.1, 0.15) is 22.3 Å². The topological polar surface area (TPSA) is 81.4 Å². The molecule has 2 aromatic carbocycles. The van der Waals surface area contributed by atoms with Crippen LogP contribution >= 0.6 is 11.6 Å². The fraction of sp³-hybridized carbons (Fsp3) is 0.176. The fourth-order valence-corrected chi connectivity index (χ4v) is 2.22. The molecule has 0 saturated carbocycles. The first kappa shape index (κ1) is 17.0. The lowest BCUT2D eigenvalue weighted by Crippen LogP contribution is -2.15. The highest BCUT2D eigenvalue weighted by atomic mass is 35.5. The summed E-state index contributed by atoms with van der Waals surface area (Å²) in [6.45, 7) is 0.779. The third kappa shape index (κ3) is 5.39. The first-order valence-corrected chi connectivity index (χ1v) is 7.45. The zero-order valence-corrected chi connectivity index (χ0v) is 13.2. The van der Waals surface area contributed by atoms with E-state index in [2.05, 4.69) is 5.32 Å². The molecule has 23 heavy (non-hydrogen) atoms. The smallest absolute Gasteiger partial charge is 0.250 e. The molecule has 0 heterocycles. The highest BCUT2D eigenvalue weighted by molar-refractivity contribution is 6.34. The Morgan fingerprint density at radius 2 is 1.87 bits per heavy atom. The van der Waals surface area contributed by atoms with Crippen molar-refractivity contribution in [2.45, 2.75) is 13.0 Å². The van der Waals surface area contributed by atoms with Gasteiger partial charge in [0, 0.05) is 5.69 Å². The van der Waals surface area contributed by atoms with Crippen molar-refractivity contribution in [1.82, 2.24) is 0 Å². The Morgan fingerprint density at radius 1 is 1.13 bits per heavy atom. The molecule has 120 valence electrons. The van der Waals surface area contributed by atoms with Gasteiger partial charge in [-0.05, 0) is 23.8 Å². The van der Waals surface area contributed by atoms with Gasteiger partial charge in [-0.15, -0.1) is 0 Å². The highest BCUT2D eigenvalue weighted by Gasteiger charge is 2.09. The van der Waals surface area contributed by atoms with Gasteiger partial charge in [0.2, 0.25) is 11.8 Å². The van der Waals surface area contributed by atoms with Crippen LogP contribution in [0, 0.1) is 0 Å². The minimum absolute atomic E-state index is 0.194. The van der Waals surface area contributed by atoms with E-state index in [1.807, 2.05) is 30.3 Å². The summed E-state index contributed by atoms with van der Waals surface area (Å²) in [5.41, 5.74) is 6.95. The van der Waals surface area contributed by atoms with Crippen LogP contribution in [0.4, 0.5) is 5.69 Å². The van der Waals surface area contributed by atoms with Crippen molar-refractivity contribution in [3.8, 4) is 0 Å². The van der Waals surface area contributed by atoms with Gasteiger partial charge in [0.25, 0.3) is 0 Å². The van der Waals surface area contributed by atoms with Crippen molar-refractivity contribution >= 4 is 29.1 Å². The minimum atomic E-state index is -0.609. The number of carbonyl (C=O) groups is 2. The monoisotopic (exact) mass is 332 g/mol. The number of halogens is 1. The Morgan fingerprint density at radius 3 is 2.52 bits per heavy atom. The Bertz CT molecular complexity index is 689. The number of rotatable bonds is 7. The van der Waals surface area contributed by atoms with Crippen LogP contribution in [0.2, 0.25) is 5.02 Å². The van der Waals surface area contributed by atoms with E-state index in [1.54, 1.807) is 6.07 Å². The van der Waals surface area contributed by atoms with Crippen LogP contribution in [0.25, 0.3) is 0 Å². The predicted octanol–water partition coefficient (Wildman–Crippen LogP) is 2.98. The number of hydrogen-bond donors (Lipinski definition) is 2. The summed E-state index contributed by atoms with van der Waals surface area (Å²) in [6, 6.07) is 14.3. The number of hydrogen-bond acceptors (Lipinski definition) is 3. The summed E-state index contributed by atoms with van der Waals surface area (Å²) in [4.78, 5) is 22.9. The van der Waals surface area contributed by atoms with Crippen molar-refractivity contribution in [3.63, 3.8) is 0 Å². The number of nitrogens with two attached hydrogens (primary N) is 1. The van der Waals surface area contributed by atoms with Gasteiger partial charge >= 0.3 is 0 Å². The summed E-state index contributed by atoms with van der Waals surface area (Å²) in [6.07, 6.45) is 0.224. The summed E-state index contributed by atoms with van der Waals surface area (Å²) in [5, 5.41) is 2.90. The number of nitrogens with one attached hydrogen (secondary N) is 1. The van der Waals surface area contributed by atoms with Gasteiger partial charge in [-0.3, -0.25) is 9.59 Å². The van der Waals surface area contributed by atoms with Gasteiger partial charge in [-0.25, -0.2) is 0 Å². The average Bonchev–Trinajstić information content (AvgIpc) is 2.52. The molecule has 0 aliphatic heterocycles. The molecule has 0 unspecified atom stereocenters. The summed E-state index contributed by atoms with van der Waals surface area (Å²) >= 11 is 5.93. The molecular weight excluding hydrogens is 316 g/mol. The number of ether oxygens (including phenoxy) is 1. The van der Waals surface area contributed by atoms with Crippen molar-refractivity contribution in [2.75, 3.05) is 11.9 Å². The Hall–Kier alpha value is -2.37. The van der Waals surface area contributed by atoms with E-state index < -0.39 is 5.91 Å². The second-order valence-electron chi connectivity index (χ2n) is 4.90. The maximum Gasteiger partial charge on any atom is 0.250 e. The number of benzene rings is 2. The van der Waals surface area contributed by atoms with Gasteiger partial charge in [0.15, 0.2) is 0 Å². The quantitative estimate of drug-likeness (QED) is 0.765. The number of amides is 2. The lowest BCUT2D eigenvalue weighted by molar-refractivity contribution is -0.117. The second-order valence-corrected chi connectivity index (χ2v) is 5.30. The molecule has 3 N–H and O–H groups in total. The molecule has 0 bridgehead atoms. The molecule has 0 aliphatic rings. The first-order valence-electron chi connectivity index (χ1n) is 7.07. The van der Waals surface area contributed by atoms with E-state index in [4.69, 9.17) is 22.1 Å². The Kier molecular flexibility index (Phi) is 6.14. The van der Waals surface area contributed by atoms with E-state index in [-0.39, 0.29) is 22.9 Å². The van der Waals surface area contributed by atoms with Crippen LogP contribution in [-0.4, -0.2) is 18.4 Å². The Labute approximate surface area is 139 Å². The number of primary amides is 1. The molecule has 6 heteroatoms. The largest absolute Gasteiger partial charge is 0.376 e. The summed E-state index contributed by atoms with van der Waals surface area (Å²) in [5.74, 6) is -0.803. The maximum absolute atomic E-state index is 11.8. The summed E-state index contributed by atoms with van der Waals surface area (Å²) in [7, 11) is 0. The third-order valence-electron chi connectivity index (χ3n) is 3.10. The summed E-state index contributed by atoms with van der Waals surface area (Å²) < 4.78 is 5.45. The van der Waals surface area contributed by atoms with E-state index in [0.29, 0.717) is 18.9 Å². The van der Waals surface area contributed by atoms with E-state index in [0.717, 1.165) is 5.56 Å². The normalized spacial score (nSPS) is 10.3. The van der Waals surface area contributed by atoms with Crippen LogP contribution < -0.4 is 11.1 Å². The molecule has 0 saturated heterocycles. The van der Waals surface area contributed by atoms with Crippen LogP contribution in [0.3, 0.4) is 0 Å². The SMILES string of the molecule is NC(=O)c1ccc(NC(=O)CCOCc2ccccc2)cc1Cl. The van der Waals surface area contributed by atoms with E-state index in [9.17, 15) is 9.59 Å². The third-order valence-corrected chi connectivity index (χ3v) is 3.42. The molecule has 0 aliphatic carbocycles. The minimum Gasteiger partial charge on any atom is -0.376 e. The van der Waals surface area contributed by atoms with Gasteiger partial charge in [0.05, 0.1) is 30.2 Å². The molecule has 2 rings (SSSR count). The molecule has 0 atom stereocenters. The van der Waals surface area contributed by atoms with Crippen molar-refractivity contribution in [3.05, 3.63) is 64.7 Å². The van der Waals surface area contributed by atoms with Crippen molar-refractivity contribution < 1.29 is 14.3 Å². The molecule has 2 aromatic rings. The van der Waals surface area contributed by atoms with Gasteiger partial charge < -0.3 is 15.8 Å². The predicted molar refractivity (Wildman–Crippen MR) is 89.3 cm³/mol. The highest BCUT2D eigenvalue weighted by Crippen LogP contribution is 2.20. The van der Waals surface area contributed by atoms with Gasteiger partial charge in [0.1, 0.15) is 0 Å².